The molecule has 8 nitrogen and oxygen atoms in total. The number of hydrogen-bond donors (Lipinski definition) is 2. The molecule has 1 fully saturated rings. The van der Waals surface area contributed by atoms with Crippen molar-refractivity contribution in [3.63, 3.8) is 0 Å². The topological polar surface area (TPSA) is 99.5 Å². The van der Waals surface area contributed by atoms with Crippen LogP contribution in [0.3, 0.4) is 0 Å². The van der Waals surface area contributed by atoms with E-state index < -0.39 is 12.2 Å². The van der Waals surface area contributed by atoms with Crippen molar-refractivity contribution in [1.29, 1.82) is 0 Å². The first-order valence-corrected chi connectivity index (χ1v) is 12.0. The number of piperazine rings is 1. The standard InChI is InChI=1S/C27H36N2O6/c1-19-14-28(15-24(32)17-34-26-8-4-6-22(12-26)20(2)30)10-11-29(19)16-25(33)18-35-27-9-5-7-23(13-27)21(3)31/h4-9,12-13,19,24-25,32-33H,10-11,14-18H2,1-3H3. The van der Waals surface area contributed by atoms with Crippen molar-refractivity contribution in [2.45, 2.75) is 39.0 Å². The lowest BCUT2D eigenvalue weighted by molar-refractivity contribution is 0.00243. The molecule has 0 spiro atoms. The van der Waals surface area contributed by atoms with Gasteiger partial charge in [-0.3, -0.25) is 19.4 Å². The Balaban J connectivity index is 1.38. The van der Waals surface area contributed by atoms with E-state index >= 15 is 0 Å². The number of β-amino-alcohol motifs (C(OH)–C–C–N with tert-alkyl or cyclic N) is 2. The highest BCUT2D eigenvalue weighted by Gasteiger charge is 2.26. The van der Waals surface area contributed by atoms with Gasteiger partial charge in [0, 0.05) is 49.9 Å². The summed E-state index contributed by atoms with van der Waals surface area (Å²) in [5.41, 5.74) is 1.16. The van der Waals surface area contributed by atoms with Gasteiger partial charge >= 0.3 is 0 Å². The van der Waals surface area contributed by atoms with Crippen molar-refractivity contribution >= 4 is 11.6 Å². The molecule has 0 saturated carbocycles. The van der Waals surface area contributed by atoms with Crippen LogP contribution in [-0.4, -0.2) is 95.8 Å². The van der Waals surface area contributed by atoms with Gasteiger partial charge in [-0.05, 0) is 45.0 Å². The molecule has 3 rings (SSSR count). The van der Waals surface area contributed by atoms with Crippen molar-refractivity contribution in [1.82, 2.24) is 9.80 Å². The molecule has 2 aromatic rings. The minimum absolute atomic E-state index is 0.0262. The fourth-order valence-corrected chi connectivity index (χ4v) is 4.18. The molecule has 2 N–H and O–H groups in total. The van der Waals surface area contributed by atoms with Gasteiger partial charge in [-0.1, -0.05) is 24.3 Å². The minimum atomic E-state index is -0.658. The molecule has 0 radical (unpaired) electrons. The second-order valence-electron chi connectivity index (χ2n) is 9.20. The van der Waals surface area contributed by atoms with Gasteiger partial charge in [-0.15, -0.1) is 0 Å². The van der Waals surface area contributed by atoms with Crippen LogP contribution in [0.1, 0.15) is 41.5 Å². The molecule has 3 atom stereocenters. The molecule has 0 aliphatic carbocycles. The molecule has 8 heteroatoms. The van der Waals surface area contributed by atoms with Gasteiger partial charge in [0.1, 0.15) is 36.9 Å². The quantitative estimate of drug-likeness (QED) is 0.443. The molecule has 0 bridgehead atoms. The number of ether oxygens (including phenoxy) is 2. The van der Waals surface area contributed by atoms with E-state index in [1.807, 2.05) is 0 Å². The molecule has 1 aliphatic rings. The Morgan fingerprint density at radius 3 is 1.89 bits per heavy atom. The van der Waals surface area contributed by atoms with Crippen molar-refractivity contribution in [2.24, 2.45) is 0 Å². The molecule has 0 amide bonds. The summed E-state index contributed by atoms with van der Waals surface area (Å²) < 4.78 is 11.4. The van der Waals surface area contributed by atoms with Crippen LogP contribution in [0.5, 0.6) is 11.5 Å². The highest BCUT2D eigenvalue weighted by molar-refractivity contribution is 5.94. The number of aliphatic hydroxyl groups is 2. The van der Waals surface area contributed by atoms with Gasteiger partial charge < -0.3 is 19.7 Å². The molecule has 3 unspecified atom stereocenters. The van der Waals surface area contributed by atoms with Crippen LogP contribution >= 0.6 is 0 Å². The molecular formula is C27H36N2O6. The highest BCUT2D eigenvalue weighted by atomic mass is 16.5. The number of benzene rings is 2. The summed E-state index contributed by atoms with van der Waals surface area (Å²) in [6, 6.07) is 14.1. The molecule has 35 heavy (non-hydrogen) atoms. The maximum absolute atomic E-state index is 11.5. The third kappa shape index (κ3) is 8.43. The van der Waals surface area contributed by atoms with E-state index in [1.165, 1.54) is 13.8 Å². The SMILES string of the molecule is CC(=O)c1cccc(OCC(O)CN2CCN(CC(O)COc3cccc(C(C)=O)c3)C(C)C2)c1. The predicted octanol–water partition coefficient (Wildman–Crippen LogP) is 2.28. The minimum Gasteiger partial charge on any atom is -0.491 e. The number of aliphatic hydroxyl groups excluding tert-OH is 2. The maximum atomic E-state index is 11.5. The molecule has 0 aromatic heterocycles. The largest absolute Gasteiger partial charge is 0.491 e. The maximum Gasteiger partial charge on any atom is 0.159 e. The van der Waals surface area contributed by atoms with Crippen molar-refractivity contribution in [3.05, 3.63) is 59.7 Å². The first-order valence-electron chi connectivity index (χ1n) is 12.0. The second kappa shape index (κ2) is 12.8. The van der Waals surface area contributed by atoms with Crippen molar-refractivity contribution < 1.29 is 29.3 Å². The van der Waals surface area contributed by atoms with Gasteiger partial charge in [0.05, 0.1) is 0 Å². The highest BCUT2D eigenvalue weighted by Crippen LogP contribution is 2.16. The van der Waals surface area contributed by atoms with E-state index in [9.17, 15) is 19.8 Å². The normalized spacial score (nSPS) is 18.6. The van der Waals surface area contributed by atoms with Crippen molar-refractivity contribution in [3.8, 4) is 11.5 Å². The number of Topliss-reactive ketones (excluding diaryl/α,β-unsaturated/α-hetero) is 2. The number of rotatable bonds is 12. The third-order valence-electron chi connectivity index (χ3n) is 6.13. The zero-order chi connectivity index (χ0) is 25.4. The van der Waals surface area contributed by atoms with E-state index in [1.54, 1.807) is 48.5 Å². The summed E-state index contributed by atoms with van der Waals surface area (Å²) >= 11 is 0. The molecule has 2 aromatic carbocycles. The number of ketones is 2. The van der Waals surface area contributed by atoms with E-state index in [4.69, 9.17) is 9.47 Å². The van der Waals surface area contributed by atoms with Gasteiger partial charge in [0.15, 0.2) is 11.6 Å². The van der Waals surface area contributed by atoms with Crippen LogP contribution in [-0.2, 0) is 0 Å². The van der Waals surface area contributed by atoms with Crippen LogP contribution in [0.4, 0.5) is 0 Å². The van der Waals surface area contributed by atoms with Gasteiger partial charge in [-0.2, -0.15) is 0 Å². The number of nitrogens with zero attached hydrogens (tertiary/aromatic N) is 2. The summed E-state index contributed by atoms with van der Waals surface area (Å²) in [5, 5.41) is 20.9. The molecule has 190 valence electrons. The van der Waals surface area contributed by atoms with Crippen LogP contribution in [0.2, 0.25) is 0 Å². The Morgan fingerprint density at radius 2 is 1.40 bits per heavy atom. The fourth-order valence-electron chi connectivity index (χ4n) is 4.18. The summed E-state index contributed by atoms with van der Waals surface area (Å²) in [7, 11) is 0. The predicted molar refractivity (Wildman–Crippen MR) is 133 cm³/mol. The van der Waals surface area contributed by atoms with Gasteiger partial charge in [0.25, 0.3) is 0 Å². The van der Waals surface area contributed by atoms with E-state index in [0.29, 0.717) is 35.7 Å². The average molecular weight is 485 g/mol. The lowest BCUT2D eigenvalue weighted by atomic mass is 10.1. The monoisotopic (exact) mass is 484 g/mol. The average Bonchev–Trinajstić information content (AvgIpc) is 2.83. The van der Waals surface area contributed by atoms with E-state index in [0.717, 1.165) is 19.6 Å². The zero-order valence-electron chi connectivity index (χ0n) is 20.7. The smallest absolute Gasteiger partial charge is 0.159 e. The first-order chi connectivity index (χ1) is 16.7. The van der Waals surface area contributed by atoms with Gasteiger partial charge in [-0.25, -0.2) is 0 Å². The van der Waals surface area contributed by atoms with Crippen LogP contribution in [0, 0.1) is 0 Å². The van der Waals surface area contributed by atoms with Gasteiger partial charge in [0.2, 0.25) is 0 Å². The van der Waals surface area contributed by atoms with E-state index in [2.05, 4.69) is 16.7 Å². The number of carbonyl (C=O) groups is 2. The van der Waals surface area contributed by atoms with Crippen molar-refractivity contribution in [2.75, 3.05) is 45.9 Å². The molecule has 1 heterocycles. The Bertz CT molecular complexity index is 997. The summed E-state index contributed by atoms with van der Waals surface area (Å²) in [4.78, 5) is 27.4. The Morgan fingerprint density at radius 1 is 0.886 bits per heavy atom. The van der Waals surface area contributed by atoms with Crippen LogP contribution in [0.25, 0.3) is 0 Å². The Labute approximate surface area is 207 Å². The Kier molecular flexibility index (Phi) is 9.80. The van der Waals surface area contributed by atoms with E-state index in [-0.39, 0.29) is 30.8 Å². The summed E-state index contributed by atoms with van der Waals surface area (Å²) in [6.45, 7) is 8.71. The van der Waals surface area contributed by atoms with Crippen LogP contribution < -0.4 is 9.47 Å². The molecule has 1 aliphatic heterocycles. The zero-order valence-corrected chi connectivity index (χ0v) is 20.7. The lowest BCUT2D eigenvalue weighted by Gasteiger charge is -2.41. The Hall–Kier alpha value is -2.78. The number of hydrogen-bond acceptors (Lipinski definition) is 8. The summed E-state index contributed by atoms with van der Waals surface area (Å²) in [6.07, 6.45) is -1.31. The fraction of sp³-hybridized carbons (Fsp3) is 0.481. The summed E-state index contributed by atoms with van der Waals surface area (Å²) in [5.74, 6) is 1.08. The number of carbonyl (C=O) groups excluding carboxylic acids is 2. The first kappa shape index (κ1) is 26.8. The lowest BCUT2D eigenvalue weighted by Crippen LogP contribution is -2.55. The third-order valence-corrected chi connectivity index (χ3v) is 6.13. The molecule has 1 saturated heterocycles. The second-order valence-corrected chi connectivity index (χ2v) is 9.20. The molecular weight excluding hydrogens is 448 g/mol. The van der Waals surface area contributed by atoms with Crippen LogP contribution in [0.15, 0.2) is 48.5 Å².